The van der Waals surface area contributed by atoms with E-state index in [4.69, 9.17) is 4.74 Å². The lowest BCUT2D eigenvalue weighted by atomic mass is 9.97. The van der Waals surface area contributed by atoms with Crippen LogP contribution in [0.2, 0.25) is 0 Å². The topological polar surface area (TPSA) is 67.4 Å². The third kappa shape index (κ3) is 6.22. The van der Waals surface area contributed by atoms with Gasteiger partial charge in [-0.1, -0.05) is 38.2 Å². The minimum absolute atomic E-state index is 0.148. The molecule has 0 saturated heterocycles. The third-order valence-corrected chi connectivity index (χ3v) is 5.22. The van der Waals surface area contributed by atoms with Gasteiger partial charge in [-0.2, -0.15) is 0 Å². The first-order valence-corrected chi connectivity index (χ1v) is 9.24. The number of urea groups is 1. The maximum atomic E-state index is 12.3. The molecule has 1 fully saturated rings. The molecule has 5 nitrogen and oxygen atoms in total. The maximum Gasteiger partial charge on any atom is 0.315 e. The van der Waals surface area contributed by atoms with E-state index in [9.17, 15) is 9.59 Å². The predicted octanol–water partition coefficient (Wildman–Crippen LogP) is 3.76. The molecule has 1 heterocycles. The summed E-state index contributed by atoms with van der Waals surface area (Å²) in [6.07, 6.45) is 8.36. The molecule has 23 heavy (non-hydrogen) atoms. The molecule has 0 aromatic carbocycles. The number of thiophene rings is 1. The van der Waals surface area contributed by atoms with E-state index in [1.54, 1.807) is 0 Å². The SMILES string of the molecule is COC(=O)C[C@H](NC(=O)NC1CCCCCCC1)c1cccs1. The highest BCUT2D eigenvalue weighted by Crippen LogP contribution is 2.23. The van der Waals surface area contributed by atoms with Gasteiger partial charge >= 0.3 is 12.0 Å². The first-order chi connectivity index (χ1) is 11.2. The Kier molecular flexibility index (Phi) is 7.39. The lowest BCUT2D eigenvalue weighted by Gasteiger charge is -2.23. The zero-order valence-electron chi connectivity index (χ0n) is 13.7. The maximum absolute atomic E-state index is 12.3. The summed E-state index contributed by atoms with van der Waals surface area (Å²) in [5.74, 6) is -0.324. The van der Waals surface area contributed by atoms with E-state index in [0.29, 0.717) is 0 Å². The number of esters is 1. The fourth-order valence-electron chi connectivity index (χ4n) is 2.95. The lowest BCUT2D eigenvalue weighted by Crippen LogP contribution is -2.44. The molecule has 0 bridgehead atoms. The summed E-state index contributed by atoms with van der Waals surface area (Å²) < 4.78 is 4.73. The van der Waals surface area contributed by atoms with Gasteiger partial charge in [0.05, 0.1) is 19.6 Å². The van der Waals surface area contributed by atoms with Crippen LogP contribution >= 0.6 is 11.3 Å². The van der Waals surface area contributed by atoms with Crippen LogP contribution in [-0.2, 0) is 9.53 Å². The van der Waals surface area contributed by atoms with Crippen molar-refractivity contribution in [1.29, 1.82) is 0 Å². The van der Waals surface area contributed by atoms with Gasteiger partial charge in [0.15, 0.2) is 0 Å². The first kappa shape index (κ1) is 17.8. The average molecular weight is 338 g/mol. The second-order valence-corrected chi connectivity index (χ2v) is 6.99. The van der Waals surface area contributed by atoms with Crippen molar-refractivity contribution in [3.63, 3.8) is 0 Å². The number of methoxy groups -OCH3 is 1. The van der Waals surface area contributed by atoms with E-state index < -0.39 is 0 Å². The Bertz CT molecular complexity index is 482. The molecule has 1 aliphatic carbocycles. The molecule has 0 spiro atoms. The van der Waals surface area contributed by atoms with Crippen molar-refractivity contribution in [1.82, 2.24) is 10.6 Å². The minimum atomic E-state index is -0.337. The van der Waals surface area contributed by atoms with Crippen LogP contribution in [0.5, 0.6) is 0 Å². The number of nitrogens with one attached hydrogen (secondary N) is 2. The van der Waals surface area contributed by atoms with Crippen LogP contribution < -0.4 is 10.6 Å². The van der Waals surface area contributed by atoms with Crippen molar-refractivity contribution in [3.05, 3.63) is 22.4 Å². The average Bonchev–Trinajstić information content (AvgIpc) is 3.03. The van der Waals surface area contributed by atoms with Crippen LogP contribution in [-0.4, -0.2) is 25.2 Å². The number of ether oxygens (including phenoxy) is 1. The summed E-state index contributed by atoms with van der Waals surface area (Å²) in [5, 5.41) is 7.94. The molecule has 1 saturated carbocycles. The molecule has 0 radical (unpaired) electrons. The summed E-state index contributed by atoms with van der Waals surface area (Å²) in [5.41, 5.74) is 0. The standard InChI is InChI=1S/C17H26N2O3S/c1-22-16(20)12-14(15-10-7-11-23-15)19-17(21)18-13-8-5-3-2-4-6-9-13/h7,10-11,13-14H,2-6,8-9,12H2,1H3,(H2,18,19,21)/t14-/m0/s1. The van der Waals surface area contributed by atoms with Crippen LogP contribution in [0.4, 0.5) is 4.79 Å². The molecule has 2 amide bonds. The van der Waals surface area contributed by atoms with Crippen LogP contribution in [0.3, 0.4) is 0 Å². The zero-order valence-corrected chi connectivity index (χ0v) is 14.5. The van der Waals surface area contributed by atoms with Gasteiger partial charge in [-0.15, -0.1) is 11.3 Å². The van der Waals surface area contributed by atoms with Gasteiger partial charge in [-0.05, 0) is 24.3 Å². The number of carbonyl (C=O) groups excluding carboxylic acids is 2. The van der Waals surface area contributed by atoms with Crippen molar-refractivity contribution >= 4 is 23.3 Å². The monoisotopic (exact) mass is 338 g/mol. The summed E-state index contributed by atoms with van der Waals surface area (Å²) in [6.45, 7) is 0. The van der Waals surface area contributed by atoms with Gasteiger partial charge < -0.3 is 15.4 Å². The fourth-order valence-corrected chi connectivity index (χ4v) is 3.73. The minimum Gasteiger partial charge on any atom is -0.469 e. The van der Waals surface area contributed by atoms with Crippen LogP contribution in [0.25, 0.3) is 0 Å². The molecule has 0 aliphatic heterocycles. The van der Waals surface area contributed by atoms with E-state index in [-0.39, 0.29) is 30.5 Å². The molecule has 2 rings (SSSR count). The summed E-state index contributed by atoms with van der Waals surface area (Å²) in [7, 11) is 1.36. The Hall–Kier alpha value is -1.56. The molecule has 2 N–H and O–H groups in total. The molecule has 1 aromatic rings. The number of carbonyl (C=O) groups is 2. The van der Waals surface area contributed by atoms with Crippen molar-refractivity contribution < 1.29 is 14.3 Å². The van der Waals surface area contributed by atoms with E-state index in [0.717, 1.165) is 17.7 Å². The van der Waals surface area contributed by atoms with E-state index in [2.05, 4.69) is 10.6 Å². The Morgan fingerprint density at radius 3 is 2.57 bits per heavy atom. The third-order valence-electron chi connectivity index (χ3n) is 4.23. The molecule has 1 atom stereocenters. The Morgan fingerprint density at radius 2 is 1.96 bits per heavy atom. The zero-order chi connectivity index (χ0) is 16.5. The highest BCUT2D eigenvalue weighted by molar-refractivity contribution is 7.10. The van der Waals surface area contributed by atoms with Gasteiger partial charge in [-0.3, -0.25) is 4.79 Å². The normalized spacial score (nSPS) is 17.6. The fraction of sp³-hybridized carbons (Fsp3) is 0.647. The van der Waals surface area contributed by atoms with Crippen molar-refractivity contribution in [2.75, 3.05) is 7.11 Å². The van der Waals surface area contributed by atoms with Crippen LogP contribution in [0.1, 0.15) is 62.3 Å². The van der Waals surface area contributed by atoms with Gasteiger partial charge in [0, 0.05) is 10.9 Å². The molecule has 0 unspecified atom stereocenters. The molecule has 1 aromatic heterocycles. The van der Waals surface area contributed by atoms with Crippen molar-refractivity contribution in [2.24, 2.45) is 0 Å². The molecule has 128 valence electrons. The first-order valence-electron chi connectivity index (χ1n) is 8.36. The van der Waals surface area contributed by atoms with Gasteiger partial charge in [0.25, 0.3) is 0 Å². The van der Waals surface area contributed by atoms with E-state index >= 15 is 0 Å². The largest absolute Gasteiger partial charge is 0.469 e. The van der Waals surface area contributed by atoms with E-state index in [1.165, 1.54) is 50.6 Å². The number of hydrogen-bond acceptors (Lipinski definition) is 4. The second kappa shape index (κ2) is 9.55. The quantitative estimate of drug-likeness (QED) is 0.803. The summed E-state index contributed by atoms with van der Waals surface area (Å²) in [4.78, 5) is 24.9. The van der Waals surface area contributed by atoms with Crippen LogP contribution in [0, 0.1) is 0 Å². The molecular weight excluding hydrogens is 312 g/mol. The summed E-state index contributed by atoms with van der Waals surface area (Å²) >= 11 is 1.53. The smallest absolute Gasteiger partial charge is 0.315 e. The van der Waals surface area contributed by atoms with Gasteiger partial charge in [0.2, 0.25) is 0 Å². The highest BCUT2D eigenvalue weighted by Gasteiger charge is 2.21. The predicted molar refractivity (Wildman–Crippen MR) is 91.5 cm³/mol. The lowest BCUT2D eigenvalue weighted by molar-refractivity contribution is -0.141. The number of amides is 2. The Balaban J connectivity index is 1.89. The number of hydrogen-bond donors (Lipinski definition) is 2. The Morgan fingerprint density at radius 1 is 1.26 bits per heavy atom. The van der Waals surface area contributed by atoms with Crippen molar-refractivity contribution in [3.8, 4) is 0 Å². The van der Waals surface area contributed by atoms with Gasteiger partial charge in [-0.25, -0.2) is 4.79 Å². The van der Waals surface area contributed by atoms with E-state index in [1.807, 2.05) is 17.5 Å². The summed E-state index contributed by atoms with van der Waals surface area (Å²) in [6, 6.07) is 3.54. The van der Waals surface area contributed by atoms with Crippen LogP contribution in [0.15, 0.2) is 17.5 Å². The number of rotatable bonds is 5. The molecule has 6 heteroatoms. The Labute approximate surface area is 141 Å². The molecular formula is C17H26N2O3S. The van der Waals surface area contributed by atoms with Crippen molar-refractivity contribution in [2.45, 2.75) is 63.5 Å². The highest BCUT2D eigenvalue weighted by atomic mass is 32.1. The van der Waals surface area contributed by atoms with Gasteiger partial charge in [0.1, 0.15) is 0 Å². The second-order valence-electron chi connectivity index (χ2n) is 6.01. The molecule has 1 aliphatic rings.